The van der Waals surface area contributed by atoms with Crippen LogP contribution in [-0.4, -0.2) is 37.9 Å². The van der Waals surface area contributed by atoms with Gasteiger partial charge >= 0.3 is 11.9 Å². The number of aliphatic imine (C=N–C) groups is 1. The lowest BCUT2D eigenvalue weighted by molar-refractivity contribution is -0.153. The normalized spacial score (nSPS) is 11.1. The molecule has 0 N–H and O–H groups in total. The van der Waals surface area contributed by atoms with Crippen molar-refractivity contribution in [2.75, 3.05) is 14.2 Å². The third-order valence-electron chi connectivity index (χ3n) is 3.40. The number of nitrogens with zero attached hydrogens (tertiary/aromatic N) is 1. The van der Waals surface area contributed by atoms with Gasteiger partial charge in [0.25, 0.3) is 0 Å². The summed E-state index contributed by atoms with van der Waals surface area (Å²) in [5, 5.41) is 0. The Hall–Kier alpha value is -3.15. The minimum absolute atomic E-state index is 0.485. The van der Waals surface area contributed by atoms with Gasteiger partial charge in [-0.1, -0.05) is 30.3 Å². The molecule has 0 amide bonds. The molecule has 0 atom stereocenters. The number of para-hydroxylation sites is 1. The van der Waals surface area contributed by atoms with Gasteiger partial charge in [0, 0.05) is 5.71 Å². The Bertz CT molecular complexity index is 754. The van der Waals surface area contributed by atoms with E-state index in [1.807, 2.05) is 42.5 Å². The highest BCUT2D eigenvalue weighted by Crippen LogP contribution is 2.22. The summed E-state index contributed by atoms with van der Waals surface area (Å²) in [4.78, 5) is 27.6. The summed E-state index contributed by atoms with van der Waals surface area (Å²) in [7, 11) is 2.38. The zero-order chi connectivity index (χ0) is 18.2. The number of carbonyl (C=O) groups is 2. The van der Waals surface area contributed by atoms with E-state index in [9.17, 15) is 9.59 Å². The Kier molecular flexibility index (Phi) is 6.28. The molecule has 2 rings (SSSR count). The molecule has 0 aliphatic heterocycles. The van der Waals surface area contributed by atoms with Gasteiger partial charge in [0.1, 0.15) is 11.5 Å². The fourth-order valence-corrected chi connectivity index (χ4v) is 2.10. The molecular formula is C19H19NO5. The summed E-state index contributed by atoms with van der Waals surface area (Å²) in [6.45, 7) is 1.69. The summed E-state index contributed by atoms with van der Waals surface area (Å²) in [6.07, 6.45) is 0. The zero-order valence-electron chi connectivity index (χ0n) is 14.3. The van der Waals surface area contributed by atoms with E-state index in [-0.39, 0.29) is 0 Å². The molecule has 2 aromatic carbocycles. The maximum atomic E-state index is 11.7. The first kappa shape index (κ1) is 18.2. The minimum Gasteiger partial charge on any atom is -0.467 e. The predicted molar refractivity (Wildman–Crippen MR) is 93.0 cm³/mol. The van der Waals surface area contributed by atoms with Gasteiger partial charge in [-0.2, -0.15) is 0 Å². The quantitative estimate of drug-likeness (QED) is 0.459. The van der Waals surface area contributed by atoms with Gasteiger partial charge < -0.3 is 14.2 Å². The van der Waals surface area contributed by atoms with E-state index in [1.54, 1.807) is 19.1 Å². The van der Waals surface area contributed by atoms with Crippen LogP contribution in [-0.2, 0) is 19.1 Å². The van der Waals surface area contributed by atoms with Crippen molar-refractivity contribution in [2.45, 2.75) is 13.0 Å². The fourth-order valence-electron chi connectivity index (χ4n) is 2.10. The molecule has 0 spiro atoms. The number of hydrogen-bond donors (Lipinski definition) is 0. The van der Waals surface area contributed by atoms with Gasteiger partial charge in [0.2, 0.25) is 6.04 Å². The molecule has 2 aromatic rings. The van der Waals surface area contributed by atoms with Crippen molar-refractivity contribution in [3.8, 4) is 11.5 Å². The van der Waals surface area contributed by atoms with Crippen LogP contribution in [0.2, 0.25) is 0 Å². The van der Waals surface area contributed by atoms with Gasteiger partial charge in [-0.15, -0.1) is 0 Å². The summed E-state index contributed by atoms with van der Waals surface area (Å²) >= 11 is 0. The highest BCUT2D eigenvalue weighted by molar-refractivity contribution is 6.05. The number of hydrogen-bond acceptors (Lipinski definition) is 6. The molecule has 0 aliphatic rings. The topological polar surface area (TPSA) is 74.2 Å². The van der Waals surface area contributed by atoms with Crippen molar-refractivity contribution in [3.63, 3.8) is 0 Å². The van der Waals surface area contributed by atoms with E-state index in [1.165, 1.54) is 14.2 Å². The van der Waals surface area contributed by atoms with Crippen molar-refractivity contribution in [2.24, 2.45) is 4.99 Å². The largest absolute Gasteiger partial charge is 0.467 e. The number of methoxy groups -OCH3 is 2. The average molecular weight is 341 g/mol. The fraction of sp³-hybridized carbons (Fsp3) is 0.211. The van der Waals surface area contributed by atoms with E-state index in [4.69, 9.17) is 4.74 Å². The highest BCUT2D eigenvalue weighted by atomic mass is 16.5. The molecule has 25 heavy (non-hydrogen) atoms. The second kappa shape index (κ2) is 8.63. The van der Waals surface area contributed by atoms with Crippen molar-refractivity contribution < 1.29 is 23.8 Å². The van der Waals surface area contributed by atoms with Crippen molar-refractivity contribution in [1.29, 1.82) is 0 Å². The second-order valence-electron chi connectivity index (χ2n) is 5.11. The van der Waals surface area contributed by atoms with Gasteiger partial charge in [0.05, 0.1) is 14.2 Å². The molecular weight excluding hydrogens is 322 g/mol. The minimum atomic E-state index is -1.35. The maximum absolute atomic E-state index is 11.7. The van der Waals surface area contributed by atoms with Crippen LogP contribution in [0, 0.1) is 0 Å². The molecule has 0 aliphatic carbocycles. The number of ether oxygens (including phenoxy) is 3. The molecule has 0 bridgehead atoms. The van der Waals surface area contributed by atoms with Gasteiger partial charge in [-0.05, 0) is 36.8 Å². The molecule has 0 saturated heterocycles. The Balaban J connectivity index is 2.25. The first-order valence-electron chi connectivity index (χ1n) is 7.58. The van der Waals surface area contributed by atoms with Gasteiger partial charge in [-0.3, -0.25) is 4.99 Å². The first-order chi connectivity index (χ1) is 12.0. The van der Waals surface area contributed by atoms with Crippen LogP contribution < -0.4 is 4.74 Å². The van der Waals surface area contributed by atoms with Crippen LogP contribution in [0.3, 0.4) is 0 Å². The van der Waals surface area contributed by atoms with E-state index in [0.29, 0.717) is 22.8 Å². The van der Waals surface area contributed by atoms with E-state index in [0.717, 1.165) is 0 Å². The van der Waals surface area contributed by atoms with Crippen LogP contribution in [0.25, 0.3) is 0 Å². The van der Waals surface area contributed by atoms with Crippen molar-refractivity contribution >= 4 is 17.7 Å². The molecule has 130 valence electrons. The molecule has 0 radical (unpaired) electrons. The maximum Gasteiger partial charge on any atom is 0.342 e. The standard InChI is InChI=1S/C19H19NO5/c1-13(20-17(18(21)23-2)19(22)24-3)14-8-7-11-16(12-14)25-15-9-5-4-6-10-15/h4-12,17H,1-3H3. The monoisotopic (exact) mass is 341 g/mol. The number of carbonyl (C=O) groups excluding carboxylic acids is 2. The first-order valence-corrected chi connectivity index (χ1v) is 7.58. The molecule has 0 aromatic heterocycles. The van der Waals surface area contributed by atoms with Gasteiger partial charge in [0.15, 0.2) is 0 Å². The molecule has 0 fully saturated rings. The number of esters is 2. The van der Waals surface area contributed by atoms with E-state index in [2.05, 4.69) is 14.5 Å². The summed E-state index contributed by atoms with van der Waals surface area (Å²) < 4.78 is 15.0. The SMILES string of the molecule is COC(=O)C(N=C(C)c1cccc(Oc2ccccc2)c1)C(=O)OC. The smallest absolute Gasteiger partial charge is 0.342 e. The predicted octanol–water partition coefficient (Wildman–Crippen LogP) is 3.00. The van der Waals surface area contributed by atoms with Crippen LogP contribution >= 0.6 is 0 Å². The summed E-state index contributed by atoms with van der Waals surface area (Å²) in [6, 6.07) is 15.2. The summed E-state index contributed by atoms with van der Waals surface area (Å²) in [5.41, 5.74) is 1.20. The van der Waals surface area contributed by atoms with Crippen molar-refractivity contribution in [1.82, 2.24) is 0 Å². The lowest BCUT2D eigenvalue weighted by atomic mass is 10.1. The van der Waals surface area contributed by atoms with E-state index >= 15 is 0 Å². The number of rotatable bonds is 6. The number of benzene rings is 2. The van der Waals surface area contributed by atoms with Crippen LogP contribution in [0.4, 0.5) is 0 Å². The van der Waals surface area contributed by atoms with Crippen molar-refractivity contribution in [3.05, 3.63) is 60.2 Å². The van der Waals surface area contributed by atoms with Crippen LogP contribution in [0.1, 0.15) is 12.5 Å². The second-order valence-corrected chi connectivity index (χ2v) is 5.11. The Morgan fingerprint density at radius 1 is 0.880 bits per heavy atom. The van der Waals surface area contributed by atoms with Crippen LogP contribution in [0.5, 0.6) is 11.5 Å². The average Bonchev–Trinajstić information content (AvgIpc) is 2.65. The molecule has 6 nitrogen and oxygen atoms in total. The molecule has 6 heteroatoms. The molecule has 0 saturated carbocycles. The lowest BCUT2D eigenvalue weighted by Gasteiger charge is -2.11. The lowest BCUT2D eigenvalue weighted by Crippen LogP contribution is -2.31. The molecule has 0 unspecified atom stereocenters. The molecule has 0 heterocycles. The van der Waals surface area contributed by atoms with E-state index < -0.39 is 18.0 Å². The summed E-state index contributed by atoms with van der Waals surface area (Å²) in [5.74, 6) is -0.229. The van der Waals surface area contributed by atoms with Crippen LogP contribution in [0.15, 0.2) is 59.6 Å². The zero-order valence-corrected chi connectivity index (χ0v) is 14.3. The third-order valence-corrected chi connectivity index (χ3v) is 3.40. The highest BCUT2D eigenvalue weighted by Gasteiger charge is 2.28. The Morgan fingerprint density at radius 2 is 1.48 bits per heavy atom. The third kappa shape index (κ3) is 4.91. The Labute approximate surface area is 146 Å². The Morgan fingerprint density at radius 3 is 2.08 bits per heavy atom. The van der Waals surface area contributed by atoms with Gasteiger partial charge in [-0.25, -0.2) is 9.59 Å².